The zero-order valence-corrected chi connectivity index (χ0v) is 12.5. The maximum absolute atomic E-state index is 5.81. The van der Waals surface area contributed by atoms with E-state index in [-0.39, 0.29) is 0 Å². The van der Waals surface area contributed by atoms with Crippen LogP contribution in [0.3, 0.4) is 0 Å². The number of aromatic nitrogens is 2. The van der Waals surface area contributed by atoms with Crippen molar-refractivity contribution in [2.75, 3.05) is 12.5 Å². The van der Waals surface area contributed by atoms with Crippen LogP contribution in [-0.2, 0) is 6.42 Å². The Hall–Kier alpha value is -2.34. The van der Waals surface area contributed by atoms with Gasteiger partial charge in [-0.05, 0) is 31.0 Å². The van der Waals surface area contributed by atoms with Gasteiger partial charge in [0.25, 0.3) is 0 Å². The number of ether oxygens (including phenoxy) is 2. The van der Waals surface area contributed by atoms with E-state index in [2.05, 4.69) is 22.3 Å². The normalized spacial score (nSPS) is 10.3. The predicted molar refractivity (Wildman–Crippen MR) is 81.6 cm³/mol. The third-order valence-electron chi connectivity index (χ3n) is 2.90. The molecule has 0 saturated heterocycles. The van der Waals surface area contributed by atoms with Gasteiger partial charge < -0.3 is 14.9 Å². The minimum Gasteiger partial charge on any atom is -0.493 e. The monoisotopic (exact) mass is 288 g/mol. The summed E-state index contributed by atoms with van der Waals surface area (Å²) in [5.74, 6) is 8.34. The van der Waals surface area contributed by atoms with Gasteiger partial charge in [-0.15, -0.1) is 0 Å². The Morgan fingerprint density at radius 2 is 2.00 bits per heavy atom. The van der Waals surface area contributed by atoms with Crippen LogP contribution in [0.25, 0.3) is 0 Å². The first-order valence-electron chi connectivity index (χ1n) is 6.83. The number of benzene rings is 1. The molecule has 0 spiro atoms. The molecule has 0 aliphatic carbocycles. The van der Waals surface area contributed by atoms with Crippen molar-refractivity contribution >= 4 is 5.82 Å². The van der Waals surface area contributed by atoms with Gasteiger partial charge >= 0.3 is 0 Å². The van der Waals surface area contributed by atoms with Crippen molar-refractivity contribution in [3.8, 4) is 17.4 Å². The molecule has 0 aliphatic heterocycles. The molecule has 112 valence electrons. The SMILES string of the molecule is CCCc1nc(NN)cc(Oc2ccc(C)cc2OC)n1. The second kappa shape index (κ2) is 6.90. The van der Waals surface area contributed by atoms with E-state index < -0.39 is 0 Å². The van der Waals surface area contributed by atoms with E-state index in [0.717, 1.165) is 18.4 Å². The van der Waals surface area contributed by atoms with E-state index in [4.69, 9.17) is 15.3 Å². The van der Waals surface area contributed by atoms with E-state index in [1.54, 1.807) is 13.2 Å². The van der Waals surface area contributed by atoms with Crippen LogP contribution in [0.2, 0.25) is 0 Å². The van der Waals surface area contributed by atoms with Crippen molar-refractivity contribution in [2.24, 2.45) is 5.84 Å². The first kappa shape index (κ1) is 15.1. The summed E-state index contributed by atoms with van der Waals surface area (Å²) in [6.45, 7) is 4.06. The lowest BCUT2D eigenvalue weighted by Gasteiger charge is -2.12. The standard InChI is InChI=1S/C15H20N4O2/c1-4-5-13-17-14(19-16)9-15(18-13)21-11-7-6-10(2)8-12(11)20-3/h6-9H,4-5,16H2,1-3H3,(H,17,18,19). The summed E-state index contributed by atoms with van der Waals surface area (Å²) in [7, 11) is 1.61. The second-order valence-corrected chi connectivity index (χ2v) is 4.66. The summed E-state index contributed by atoms with van der Waals surface area (Å²) in [5.41, 5.74) is 3.62. The smallest absolute Gasteiger partial charge is 0.224 e. The van der Waals surface area contributed by atoms with Gasteiger partial charge in [-0.25, -0.2) is 10.8 Å². The van der Waals surface area contributed by atoms with Crippen molar-refractivity contribution in [3.05, 3.63) is 35.7 Å². The number of nitrogens with zero attached hydrogens (tertiary/aromatic N) is 2. The van der Waals surface area contributed by atoms with Crippen LogP contribution in [0.15, 0.2) is 24.3 Å². The molecule has 0 saturated carbocycles. The summed E-state index contributed by atoms with van der Waals surface area (Å²) >= 11 is 0. The third kappa shape index (κ3) is 3.82. The Labute approximate surface area is 124 Å². The average Bonchev–Trinajstić information content (AvgIpc) is 2.49. The van der Waals surface area contributed by atoms with E-state index in [9.17, 15) is 0 Å². The highest BCUT2D eigenvalue weighted by atomic mass is 16.5. The molecule has 0 amide bonds. The molecule has 1 heterocycles. The molecule has 0 fully saturated rings. The fraction of sp³-hybridized carbons (Fsp3) is 0.333. The fourth-order valence-corrected chi connectivity index (χ4v) is 1.91. The van der Waals surface area contributed by atoms with Gasteiger partial charge in [0.15, 0.2) is 11.5 Å². The van der Waals surface area contributed by atoms with Crippen LogP contribution in [0, 0.1) is 6.92 Å². The Morgan fingerprint density at radius 3 is 2.67 bits per heavy atom. The number of aryl methyl sites for hydroxylation is 2. The molecule has 0 aliphatic rings. The van der Waals surface area contributed by atoms with Crippen LogP contribution < -0.4 is 20.7 Å². The van der Waals surface area contributed by atoms with Crippen molar-refractivity contribution in [1.82, 2.24) is 9.97 Å². The number of hydrogen-bond donors (Lipinski definition) is 2. The van der Waals surface area contributed by atoms with Crippen molar-refractivity contribution in [3.63, 3.8) is 0 Å². The van der Waals surface area contributed by atoms with Gasteiger partial charge in [0.1, 0.15) is 11.6 Å². The first-order valence-corrected chi connectivity index (χ1v) is 6.83. The second-order valence-electron chi connectivity index (χ2n) is 4.66. The summed E-state index contributed by atoms with van der Waals surface area (Å²) in [5, 5.41) is 0. The average molecular weight is 288 g/mol. The molecule has 6 heteroatoms. The van der Waals surface area contributed by atoms with E-state index >= 15 is 0 Å². The molecule has 0 radical (unpaired) electrons. The van der Waals surface area contributed by atoms with Gasteiger partial charge in [0.2, 0.25) is 5.88 Å². The van der Waals surface area contributed by atoms with Crippen LogP contribution in [0.1, 0.15) is 24.7 Å². The lowest BCUT2D eigenvalue weighted by atomic mass is 10.2. The lowest BCUT2D eigenvalue weighted by Crippen LogP contribution is -2.11. The Morgan fingerprint density at radius 1 is 1.19 bits per heavy atom. The quantitative estimate of drug-likeness (QED) is 0.628. The van der Waals surface area contributed by atoms with Gasteiger partial charge in [-0.3, -0.25) is 0 Å². The molecule has 1 aromatic carbocycles. The van der Waals surface area contributed by atoms with Crippen LogP contribution in [-0.4, -0.2) is 17.1 Å². The van der Waals surface area contributed by atoms with Gasteiger partial charge in [-0.2, -0.15) is 4.98 Å². The van der Waals surface area contributed by atoms with E-state index in [0.29, 0.717) is 29.0 Å². The highest BCUT2D eigenvalue weighted by Gasteiger charge is 2.09. The minimum absolute atomic E-state index is 0.434. The number of nitrogens with one attached hydrogen (secondary N) is 1. The predicted octanol–water partition coefficient (Wildman–Crippen LogP) is 2.82. The maximum atomic E-state index is 5.81. The number of rotatable bonds is 6. The minimum atomic E-state index is 0.434. The topological polar surface area (TPSA) is 82.3 Å². The highest BCUT2D eigenvalue weighted by molar-refractivity contribution is 5.46. The van der Waals surface area contributed by atoms with Crippen molar-refractivity contribution < 1.29 is 9.47 Å². The summed E-state index contributed by atoms with van der Waals surface area (Å²) < 4.78 is 11.1. The number of nitrogen functional groups attached to an aromatic ring is 1. The molecule has 2 aromatic rings. The zero-order valence-electron chi connectivity index (χ0n) is 12.5. The van der Waals surface area contributed by atoms with Gasteiger partial charge in [0.05, 0.1) is 7.11 Å². The number of hydrogen-bond acceptors (Lipinski definition) is 6. The number of nitrogens with two attached hydrogens (primary N) is 1. The van der Waals surface area contributed by atoms with E-state index in [1.807, 2.05) is 25.1 Å². The molecule has 1 aromatic heterocycles. The molecule has 0 bridgehead atoms. The molecule has 0 atom stereocenters. The largest absolute Gasteiger partial charge is 0.493 e. The third-order valence-corrected chi connectivity index (χ3v) is 2.90. The fourth-order valence-electron chi connectivity index (χ4n) is 1.91. The van der Waals surface area contributed by atoms with Crippen molar-refractivity contribution in [2.45, 2.75) is 26.7 Å². The lowest BCUT2D eigenvalue weighted by molar-refractivity contribution is 0.373. The Bertz CT molecular complexity index is 617. The molecule has 6 nitrogen and oxygen atoms in total. The Kier molecular flexibility index (Phi) is 4.94. The number of hydrazine groups is 1. The molecular formula is C15H20N4O2. The molecule has 21 heavy (non-hydrogen) atoms. The maximum Gasteiger partial charge on any atom is 0.224 e. The molecule has 2 rings (SSSR count). The molecule has 0 unspecified atom stereocenters. The van der Waals surface area contributed by atoms with Crippen LogP contribution in [0.5, 0.6) is 17.4 Å². The summed E-state index contributed by atoms with van der Waals surface area (Å²) in [6, 6.07) is 7.36. The number of methoxy groups -OCH3 is 1. The highest BCUT2D eigenvalue weighted by Crippen LogP contribution is 2.32. The van der Waals surface area contributed by atoms with Crippen LogP contribution in [0.4, 0.5) is 5.82 Å². The van der Waals surface area contributed by atoms with Gasteiger partial charge in [0, 0.05) is 12.5 Å². The van der Waals surface area contributed by atoms with Crippen molar-refractivity contribution in [1.29, 1.82) is 0 Å². The van der Waals surface area contributed by atoms with Crippen LogP contribution >= 0.6 is 0 Å². The first-order chi connectivity index (χ1) is 10.2. The molecule has 3 N–H and O–H groups in total. The zero-order chi connectivity index (χ0) is 15.2. The number of anilines is 1. The van der Waals surface area contributed by atoms with E-state index in [1.165, 1.54) is 0 Å². The molecular weight excluding hydrogens is 268 g/mol. The summed E-state index contributed by atoms with van der Waals surface area (Å²) in [4.78, 5) is 8.66. The summed E-state index contributed by atoms with van der Waals surface area (Å²) in [6.07, 6.45) is 1.71. The Balaban J connectivity index is 2.32. The van der Waals surface area contributed by atoms with Gasteiger partial charge in [-0.1, -0.05) is 13.0 Å².